The Morgan fingerprint density at radius 3 is 2.86 bits per heavy atom. The average Bonchev–Trinajstić information content (AvgIpc) is 2.26. The lowest BCUT2D eigenvalue weighted by atomic mass is 10.2. The number of aliphatic hydroxyl groups is 1. The van der Waals surface area contributed by atoms with Crippen molar-refractivity contribution in [2.24, 2.45) is 0 Å². The van der Waals surface area contributed by atoms with Crippen molar-refractivity contribution < 1.29 is 20.1 Å². The van der Waals surface area contributed by atoms with Crippen LogP contribution in [0.2, 0.25) is 0 Å². The quantitative estimate of drug-likeness (QED) is 0.757. The van der Waals surface area contributed by atoms with Gasteiger partial charge in [-0.25, -0.2) is 4.79 Å². The number of hydrogen-bond acceptors (Lipinski definition) is 3. The van der Waals surface area contributed by atoms with Crippen molar-refractivity contribution in [1.82, 2.24) is 5.32 Å². The van der Waals surface area contributed by atoms with E-state index in [-0.39, 0.29) is 6.61 Å². The summed E-state index contributed by atoms with van der Waals surface area (Å²) in [5, 5.41) is 10.5. The van der Waals surface area contributed by atoms with Crippen LogP contribution in [0, 0.1) is 0 Å². The van der Waals surface area contributed by atoms with Crippen LogP contribution in [0.15, 0.2) is 30.3 Å². The number of alkyl carbamates (subject to hydrolysis) is 1. The fourth-order valence-corrected chi connectivity index (χ4v) is 0.838. The van der Waals surface area contributed by atoms with Crippen LogP contribution in [-0.2, 0) is 11.3 Å². The summed E-state index contributed by atoms with van der Waals surface area (Å²) in [5.74, 6) is 0. The van der Waals surface area contributed by atoms with Gasteiger partial charge in [0.1, 0.15) is 6.61 Å². The molecule has 76 valence electrons. The molecule has 0 aliphatic rings. The SMILES string of the molecule is [2H]C([2H])(O)C([2H])([2H])NC(=O)OCc1ccccc1. The van der Waals surface area contributed by atoms with Crippen LogP contribution in [0.25, 0.3) is 0 Å². The molecule has 0 fully saturated rings. The summed E-state index contributed by atoms with van der Waals surface area (Å²) in [4.78, 5) is 11.2. The van der Waals surface area contributed by atoms with E-state index in [9.17, 15) is 4.79 Å². The Morgan fingerprint density at radius 1 is 1.50 bits per heavy atom. The minimum Gasteiger partial charge on any atom is -0.445 e. The van der Waals surface area contributed by atoms with Gasteiger partial charge in [0.05, 0.1) is 12.0 Å². The second kappa shape index (κ2) is 5.99. The van der Waals surface area contributed by atoms with E-state index in [1.165, 1.54) is 0 Å². The first-order chi connectivity index (χ1) is 8.22. The van der Waals surface area contributed by atoms with Crippen molar-refractivity contribution >= 4 is 6.09 Å². The standard InChI is InChI=1S/C10H13NO3/c12-7-6-11-10(13)14-8-9-4-2-1-3-5-9/h1-5,12H,6-8H2,(H,11,13)/i6D2,7D2. The van der Waals surface area contributed by atoms with Crippen molar-refractivity contribution in [3.8, 4) is 0 Å². The number of ether oxygens (including phenoxy) is 1. The van der Waals surface area contributed by atoms with E-state index in [2.05, 4.69) is 0 Å². The van der Waals surface area contributed by atoms with E-state index in [1.807, 2.05) is 0 Å². The number of nitrogens with one attached hydrogen (secondary N) is 1. The maximum atomic E-state index is 11.2. The lowest BCUT2D eigenvalue weighted by molar-refractivity contribution is 0.137. The molecule has 1 aromatic carbocycles. The van der Waals surface area contributed by atoms with Gasteiger partial charge in [-0.1, -0.05) is 30.3 Å². The summed E-state index contributed by atoms with van der Waals surface area (Å²) in [6, 6.07) is 8.73. The van der Waals surface area contributed by atoms with E-state index in [4.69, 9.17) is 15.3 Å². The molecule has 1 rings (SSSR count). The molecule has 0 radical (unpaired) electrons. The first kappa shape index (κ1) is 6.03. The van der Waals surface area contributed by atoms with Gasteiger partial charge in [0, 0.05) is 6.50 Å². The molecule has 4 nitrogen and oxygen atoms in total. The van der Waals surface area contributed by atoms with Crippen LogP contribution < -0.4 is 5.32 Å². The monoisotopic (exact) mass is 199 g/mol. The number of amides is 1. The highest BCUT2D eigenvalue weighted by Crippen LogP contribution is 2.00. The van der Waals surface area contributed by atoms with Crippen molar-refractivity contribution in [2.45, 2.75) is 6.61 Å². The molecule has 2 N–H and O–H groups in total. The van der Waals surface area contributed by atoms with Crippen LogP contribution in [-0.4, -0.2) is 24.3 Å². The third-order valence-corrected chi connectivity index (χ3v) is 1.43. The van der Waals surface area contributed by atoms with Crippen LogP contribution in [0.3, 0.4) is 0 Å². The molecular formula is C10H13NO3. The third kappa shape index (κ3) is 3.91. The highest BCUT2D eigenvalue weighted by molar-refractivity contribution is 5.67. The summed E-state index contributed by atoms with van der Waals surface area (Å²) in [5.41, 5.74) is 0.709. The van der Waals surface area contributed by atoms with Crippen molar-refractivity contribution in [3.63, 3.8) is 0 Å². The zero-order chi connectivity index (χ0) is 13.8. The van der Waals surface area contributed by atoms with Crippen LogP contribution in [0.5, 0.6) is 0 Å². The van der Waals surface area contributed by atoms with Gasteiger partial charge in [-0.05, 0) is 5.56 Å². The molecule has 0 atom stereocenters. The maximum Gasteiger partial charge on any atom is 0.407 e. The molecule has 0 spiro atoms. The predicted octanol–water partition coefficient (Wildman–Crippen LogP) is 0.905. The van der Waals surface area contributed by atoms with E-state index < -0.39 is 19.1 Å². The van der Waals surface area contributed by atoms with E-state index in [0.717, 1.165) is 0 Å². The molecule has 0 saturated heterocycles. The van der Waals surface area contributed by atoms with Crippen LogP contribution in [0.4, 0.5) is 4.79 Å². The average molecular weight is 199 g/mol. The topological polar surface area (TPSA) is 58.6 Å². The molecular weight excluding hydrogens is 182 g/mol. The first-order valence-corrected chi connectivity index (χ1v) is 3.93. The van der Waals surface area contributed by atoms with Crippen molar-refractivity contribution in [2.75, 3.05) is 13.1 Å². The second-order valence-corrected chi connectivity index (χ2v) is 2.42. The van der Waals surface area contributed by atoms with Gasteiger partial charge in [0.2, 0.25) is 0 Å². The molecule has 1 aromatic rings. The van der Waals surface area contributed by atoms with Gasteiger partial charge < -0.3 is 15.2 Å². The van der Waals surface area contributed by atoms with E-state index in [0.29, 0.717) is 5.56 Å². The lowest BCUT2D eigenvalue weighted by Crippen LogP contribution is -2.26. The number of carbonyl (C=O) groups excluding carboxylic acids is 1. The van der Waals surface area contributed by atoms with Gasteiger partial charge in [-0.3, -0.25) is 0 Å². The molecule has 0 saturated carbocycles. The molecule has 0 aliphatic heterocycles. The zero-order valence-corrected chi connectivity index (χ0v) is 7.36. The Kier molecular flexibility index (Phi) is 2.58. The minimum absolute atomic E-state index is 0.0722. The molecule has 0 unspecified atom stereocenters. The Hall–Kier alpha value is -1.55. The Labute approximate surface area is 88.1 Å². The Bertz CT molecular complexity index is 405. The fourth-order valence-electron chi connectivity index (χ4n) is 0.838. The normalized spacial score (nSPS) is 15.8. The van der Waals surface area contributed by atoms with Crippen LogP contribution in [0.1, 0.15) is 11.0 Å². The van der Waals surface area contributed by atoms with E-state index >= 15 is 0 Å². The molecule has 0 bridgehead atoms. The largest absolute Gasteiger partial charge is 0.445 e. The minimum atomic E-state index is -3.20. The molecule has 14 heavy (non-hydrogen) atoms. The summed E-state index contributed by atoms with van der Waals surface area (Å²) in [6.07, 6.45) is -1.15. The van der Waals surface area contributed by atoms with Crippen molar-refractivity contribution in [3.05, 3.63) is 35.9 Å². The number of benzene rings is 1. The smallest absolute Gasteiger partial charge is 0.407 e. The van der Waals surface area contributed by atoms with E-state index in [1.54, 1.807) is 35.6 Å². The Balaban J connectivity index is 2.48. The number of rotatable bonds is 4. The zero-order valence-electron chi connectivity index (χ0n) is 11.4. The van der Waals surface area contributed by atoms with Crippen molar-refractivity contribution in [1.29, 1.82) is 0 Å². The second-order valence-electron chi connectivity index (χ2n) is 2.42. The Morgan fingerprint density at radius 2 is 2.21 bits per heavy atom. The molecule has 0 aromatic heterocycles. The van der Waals surface area contributed by atoms with Gasteiger partial charge in [0.15, 0.2) is 0 Å². The fraction of sp³-hybridized carbons (Fsp3) is 0.300. The highest BCUT2D eigenvalue weighted by Gasteiger charge is 2.00. The summed E-state index contributed by atoms with van der Waals surface area (Å²) >= 11 is 0. The summed E-state index contributed by atoms with van der Waals surface area (Å²) in [6.45, 7) is -6.20. The van der Waals surface area contributed by atoms with Gasteiger partial charge in [-0.15, -0.1) is 0 Å². The molecule has 0 heterocycles. The van der Waals surface area contributed by atoms with Gasteiger partial charge in [0.25, 0.3) is 0 Å². The number of carbonyl (C=O) groups is 1. The highest BCUT2D eigenvalue weighted by atomic mass is 16.5. The third-order valence-electron chi connectivity index (χ3n) is 1.43. The predicted molar refractivity (Wildman–Crippen MR) is 51.7 cm³/mol. The first-order valence-electron chi connectivity index (χ1n) is 5.93. The molecule has 1 amide bonds. The molecule has 0 aliphatic carbocycles. The number of hydrogen-bond donors (Lipinski definition) is 2. The lowest BCUT2D eigenvalue weighted by Gasteiger charge is -2.05. The van der Waals surface area contributed by atoms with Crippen LogP contribution >= 0.6 is 0 Å². The molecule has 4 heteroatoms. The van der Waals surface area contributed by atoms with Gasteiger partial charge in [-0.2, -0.15) is 0 Å². The summed E-state index contributed by atoms with van der Waals surface area (Å²) in [7, 11) is 0. The van der Waals surface area contributed by atoms with Gasteiger partial charge >= 0.3 is 6.09 Å². The maximum absolute atomic E-state index is 11.2. The summed E-state index contributed by atoms with van der Waals surface area (Å²) < 4.78 is 32.5.